The van der Waals surface area contributed by atoms with E-state index < -0.39 is 0 Å². The van der Waals surface area contributed by atoms with Gasteiger partial charge >= 0.3 is 0 Å². The Kier molecular flexibility index (Phi) is 9.89. The van der Waals surface area contributed by atoms with Crippen molar-refractivity contribution < 1.29 is 0 Å². The Balaban J connectivity index is 1.03. The third-order valence-corrected chi connectivity index (χ3v) is 13.0. The van der Waals surface area contributed by atoms with Crippen molar-refractivity contribution in [2.24, 2.45) is 0 Å². The van der Waals surface area contributed by atoms with Crippen LogP contribution in [-0.2, 0) is 0 Å². The number of benzene rings is 11. The highest BCUT2D eigenvalue weighted by atomic mass is 15.1. The fourth-order valence-electron chi connectivity index (χ4n) is 9.72. The van der Waals surface area contributed by atoms with Gasteiger partial charge in [-0.05, 0) is 139 Å². The lowest BCUT2D eigenvalue weighted by Gasteiger charge is -2.27. The van der Waals surface area contributed by atoms with Gasteiger partial charge in [0.1, 0.15) is 0 Å². The first-order valence-electron chi connectivity index (χ1n) is 22.7. The standard InChI is InChI=1S/C64H44N2/c1-3-15-45(16-4-1)48-31-35-55(36-32-48)65(56-37-33-49(34-38-56)52-30-29-47-19-7-8-20-50(47)41-52)58-39-40-59(62(44-58)53-22-13-21-51(42-53)46-17-5-2-6-18-46)54-23-14-24-57(43-54)66-63-27-11-9-25-60(63)61-26-10-12-28-64(61)66/h1-44H. The van der Waals surface area contributed by atoms with E-state index in [9.17, 15) is 0 Å². The molecule has 0 N–H and O–H groups in total. The Morgan fingerprint density at radius 2 is 0.697 bits per heavy atom. The van der Waals surface area contributed by atoms with E-state index in [0.29, 0.717) is 0 Å². The Hall–Kier alpha value is -8.72. The normalized spacial score (nSPS) is 11.3. The molecule has 2 nitrogen and oxygen atoms in total. The smallest absolute Gasteiger partial charge is 0.0541 e. The molecule has 0 bridgehead atoms. The Bertz CT molecular complexity index is 3630. The number of hydrogen-bond donors (Lipinski definition) is 0. The quantitative estimate of drug-likeness (QED) is 0.141. The van der Waals surface area contributed by atoms with Crippen molar-refractivity contribution in [3.05, 3.63) is 267 Å². The summed E-state index contributed by atoms with van der Waals surface area (Å²) in [6.07, 6.45) is 0. The minimum Gasteiger partial charge on any atom is -0.310 e. The molecule has 1 aromatic heterocycles. The number of anilines is 3. The molecule has 0 saturated carbocycles. The molecule has 0 saturated heterocycles. The minimum absolute atomic E-state index is 1.07. The average Bonchev–Trinajstić information content (AvgIpc) is 3.74. The zero-order valence-electron chi connectivity index (χ0n) is 36.3. The lowest BCUT2D eigenvalue weighted by atomic mass is 9.91. The third kappa shape index (κ3) is 7.21. The molecular weight excluding hydrogens is 797 g/mol. The van der Waals surface area contributed by atoms with Crippen molar-refractivity contribution in [3.8, 4) is 61.3 Å². The Morgan fingerprint density at radius 3 is 1.36 bits per heavy atom. The first-order valence-corrected chi connectivity index (χ1v) is 22.7. The highest BCUT2D eigenvalue weighted by molar-refractivity contribution is 6.09. The van der Waals surface area contributed by atoms with Gasteiger partial charge in [-0.3, -0.25) is 0 Å². The molecule has 2 heteroatoms. The van der Waals surface area contributed by atoms with Crippen molar-refractivity contribution in [2.75, 3.05) is 4.90 Å². The summed E-state index contributed by atoms with van der Waals surface area (Å²) in [5, 5.41) is 4.99. The van der Waals surface area contributed by atoms with Gasteiger partial charge in [-0.2, -0.15) is 0 Å². The number of para-hydroxylation sites is 2. The molecule has 0 aliphatic carbocycles. The summed E-state index contributed by atoms with van der Waals surface area (Å²) in [4.78, 5) is 2.39. The largest absolute Gasteiger partial charge is 0.310 e. The van der Waals surface area contributed by atoms with E-state index >= 15 is 0 Å². The van der Waals surface area contributed by atoms with E-state index in [1.54, 1.807) is 0 Å². The number of aromatic nitrogens is 1. The van der Waals surface area contributed by atoms with Crippen molar-refractivity contribution in [1.29, 1.82) is 0 Å². The fraction of sp³-hybridized carbons (Fsp3) is 0. The number of hydrogen-bond acceptors (Lipinski definition) is 1. The van der Waals surface area contributed by atoms with E-state index in [-0.39, 0.29) is 0 Å². The zero-order valence-corrected chi connectivity index (χ0v) is 36.3. The molecule has 0 aliphatic heterocycles. The third-order valence-electron chi connectivity index (χ3n) is 13.0. The van der Waals surface area contributed by atoms with Gasteiger partial charge in [0.2, 0.25) is 0 Å². The van der Waals surface area contributed by atoms with Crippen LogP contribution in [0.2, 0.25) is 0 Å². The van der Waals surface area contributed by atoms with E-state index in [1.807, 2.05) is 0 Å². The van der Waals surface area contributed by atoms with Gasteiger partial charge in [-0.1, -0.05) is 194 Å². The van der Waals surface area contributed by atoms with Crippen molar-refractivity contribution >= 4 is 49.6 Å². The Morgan fingerprint density at radius 1 is 0.242 bits per heavy atom. The second kappa shape index (κ2) is 16.8. The monoisotopic (exact) mass is 840 g/mol. The van der Waals surface area contributed by atoms with Gasteiger partial charge in [0, 0.05) is 33.5 Å². The summed E-state index contributed by atoms with van der Waals surface area (Å²) >= 11 is 0. The molecule has 0 amide bonds. The molecule has 310 valence electrons. The summed E-state index contributed by atoms with van der Waals surface area (Å²) in [5.74, 6) is 0. The SMILES string of the molecule is c1ccc(-c2ccc(N(c3ccc(-c4ccc5ccccc5c4)cc3)c3ccc(-c4cccc(-n5c6ccccc6c6ccccc65)c4)c(-c4cccc(-c5ccccc5)c4)c3)cc2)cc1. The van der Waals surface area contributed by atoms with Crippen LogP contribution in [0.4, 0.5) is 17.1 Å². The molecule has 0 spiro atoms. The molecule has 12 aromatic rings. The molecule has 11 aromatic carbocycles. The first kappa shape index (κ1) is 38.9. The van der Waals surface area contributed by atoms with Gasteiger partial charge in [0.15, 0.2) is 0 Å². The molecule has 0 aliphatic rings. The van der Waals surface area contributed by atoms with E-state index in [0.717, 1.165) is 45.0 Å². The lowest BCUT2D eigenvalue weighted by molar-refractivity contribution is 1.18. The van der Waals surface area contributed by atoms with Gasteiger partial charge in [0.25, 0.3) is 0 Å². The van der Waals surface area contributed by atoms with Crippen LogP contribution in [-0.4, -0.2) is 4.57 Å². The molecule has 66 heavy (non-hydrogen) atoms. The summed E-state index contributed by atoms with van der Waals surface area (Å²) in [7, 11) is 0. The predicted molar refractivity (Wildman–Crippen MR) is 280 cm³/mol. The van der Waals surface area contributed by atoms with Crippen LogP contribution in [0.3, 0.4) is 0 Å². The average molecular weight is 841 g/mol. The second-order valence-electron chi connectivity index (χ2n) is 17.0. The second-order valence-corrected chi connectivity index (χ2v) is 17.0. The van der Waals surface area contributed by atoms with Crippen LogP contribution in [0.1, 0.15) is 0 Å². The van der Waals surface area contributed by atoms with Gasteiger partial charge in [-0.25, -0.2) is 0 Å². The van der Waals surface area contributed by atoms with Crippen LogP contribution < -0.4 is 4.90 Å². The molecule has 0 unspecified atom stereocenters. The van der Waals surface area contributed by atoms with Gasteiger partial charge in [0.05, 0.1) is 11.0 Å². The molecule has 0 atom stereocenters. The number of fused-ring (bicyclic) bond motifs is 4. The predicted octanol–water partition coefficient (Wildman–Crippen LogP) is 17.7. The van der Waals surface area contributed by atoms with Crippen molar-refractivity contribution in [1.82, 2.24) is 4.57 Å². The first-order chi connectivity index (χ1) is 32.7. The molecule has 1 heterocycles. The molecule has 0 fully saturated rings. The number of nitrogens with zero attached hydrogens (tertiary/aromatic N) is 2. The highest BCUT2D eigenvalue weighted by Crippen LogP contribution is 2.43. The summed E-state index contributed by atoms with van der Waals surface area (Å²) < 4.78 is 2.40. The van der Waals surface area contributed by atoms with E-state index in [2.05, 4.69) is 276 Å². The highest BCUT2D eigenvalue weighted by Gasteiger charge is 2.19. The van der Waals surface area contributed by atoms with Gasteiger partial charge in [-0.15, -0.1) is 0 Å². The van der Waals surface area contributed by atoms with Crippen LogP contribution in [0, 0.1) is 0 Å². The molecular formula is C64H44N2. The van der Waals surface area contributed by atoms with Gasteiger partial charge < -0.3 is 9.47 Å². The van der Waals surface area contributed by atoms with E-state index in [4.69, 9.17) is 0 Å². The topological polar surface area (TPSA) is 8.17 Å². The van der Waals surface area contributed by atoms with Crippen LogP contribution in [0.25, 0.3) is 93.9 Å². The summed E-state index contributed by atoms with van der Waals surface area (Å²) in [6, 6.07) is 97.0. The van der Waals surface area contributed by atoms with E-state index in [1.165, 1.54) is 66.0 Å². The van der Waals surface area contributed by atoms with Crippen molar-refractivity contribution in [3.63, 3.8) is 0 Å². The molecule has 0 radical (unpaired) electrons. The maximum atomic E-state index is 2.40. The lowest BCUT2D eigenvalue weighted by Crippen LogP contribution is -2.10. The van der Waals surface area contributed by atoms with Crippen LogP contribution >= 0.6 is 0 Å². The fourth-order valence-corrected chi connectivity index (χ4v) is 9.72. The van der Waals surface area contributed by atoms with Crippen molar-refractivity contribution in [2.45, 2.75) is 0 Å². The summed E-state index contributed by atoms with van der Waals surface area (Å²) in [6.45, 7) is 0. The Labute approximate surface area is 385 Å². The summed E-state index contributed by atoms with van der Waals surface area (Å²) in [5.41, 5.74) is 18.5. The molecule has 12 rings (SSSR count). The number of rotatable bonds is 9. The van der Waals surface area contributed by atoms with Crippen LogP contribution in [0.5, 0.6) is 0 Å². The maximum Gasteiger partial charge on any atom is 0.0541 e. The minimum atomic E-state index is 1.07. The zero-order chi connectivity index (χ0) is 43.8. The van der Waals surface area contributed by atoms with Crippen LogP contribution in [0.15, 0.2) is 267 Å². The maximum absolute atomic E-state index is 2.40.